The smallest absolute Gasteiger partial charge is 0.247 e. The van der Waals surface area contributed by atoms with Crippen LogP contribution in [0.2, 0.25) is 0 Å². The monoisotopic (exact) mass is 339 g/mol. The van der Waals surface area contributed by atoms with E-state index in [1.807, 2.05) is 40.0 Å². The van der Waals surface area contributed by atoms with E-state index in [2.05, 4.69) is 26.9 Å². The second kappa shape index (κ2) is 5.37. The highest BCUT2D eigenvalue weighted by atomic mass is 79.9. The second-order valence-electron chi connectivity index (χ2n) is 5.93. The standard InChI is InChI=1S/C15H22BrN3O/c1-10(17)12-6-5-11(9-13(12)16)19-8-7-18(4)14(20)15(19,2)3/h5-6,9-10H,7-8,17H2,1-4H3/t10-/m0/s1. The summed E-state index contributed by atoms with van der Waals surface area (Å²) in [5, 5.41) is 0. The lowest BCUT2D eigenvalue weighted by molar-refractivity contribution is -0.136. The van der Waals surface area contributed by atoms with Crippen LogP contribution < -0.4 is 10.6 Å². The van der Waals surface area contributed by atoms with Crippen molar-refractivity contribution < 1.29 is 4.79 Å². The molecule has 1 aromatic carbocycles. The van der Waals surface area contributed by atoms with Gasteiger partial charge >= 0.3 is 0 Å². The molecular formula is C15H22BrN3O. The molecule has 110 valence electrons. The molecule has 0 radical (unpaired) electrons. The number of hydrogen-bond acceptors (Lipinski definition) is 3. The van der Waals surface area contributed by atoms with E-state index in [0.29, 0.717) is 0 Å². The Morgan fingerprint density at radius 1 is 1.35 bits per heavy atom. The fourth-order valence-electron chi connectivity index (χ4n) is 2.72. The van der Waals surface area contributed by atoms with Crippen molar-refractivity contribution in [3.8, 4) is 0 Å². The summed E-state index contributed by atoms with van der Waals surface area (Å²) < 4.78 is 0.993. The third kappa shape index (κ3) is 2.56. The van der Waals surface area contributed by atoms with Gasteiger partial charge in [-0.2, -0.15) is 0 Å². The van der Waals surface area contributed by atoms with Gasteiger partial charge in [0.2, 0.25) is 5.91 Å². The van der Waals surface area contributed by atoms with Gasteiger partial charge in [0, 0.05) is 36.3 Å². The highest BCUT2D eigenvalue weighted by Crippen LogP contribution is 2.32. The van der Waals surface area contributed by atoms with Gasteiger partial charge in [-0.3, -0.25) is 4.79 Å². The molecule has 0 spiro atoms. The van der Waals surface area contributed by atoms with Gasteiger partial charge in [0.1, 0.15) is 5.54 Å². The van der Waals surface area contributed by atoms with Gasteiger partial charge in [-0.05, 0) is 38.5 Å². The van der Waals surface area contributed by atoms with Crippen molar-refractivity contribution in [2.45, 2.75) is 32.4 Å². The maximum Gasteiger partial charge on any atom is 0.247 e. The lowest BCUT2D eigenvalue weighted by Gasteiger charge is -2.46. The van der Waals surface area contributed by atoms with Crippen LogP contribution in [-0.2, 0) is 4.79 Å². The number of hydrogen-bond donors (Lipinski definition) is 1. The van der Waals surface area contributed by atoms with E-state index < -0.39 is 5.54 Å². The van der Waals surface area contributed by atoms with E-state index in [1.54, 1.807) is 4.90 Å². The van der Waals surface area contributed by atoms with Crippen LogP contribution in [0, 0.1) is 0 Å². The molecule has 0 unspecified atom stereocenters. The third-order valence-electron chi connectivity index (χ3n) is 3.99. The molecule has 0 aliphatic carbocycles. The minimum Gasteiger partial charge on any atom is -0.356 e. The summed E-state index contributed by atoms with van der Waals surface area (Å²) in [6.07, 6.45) is 0. The number of nitrogens with two attached hydrogens (primary N) is 1. The number of anilines is 1. The summed E-state index contributed by atoms with van der Waals surface area (Å²) in [5.74, 6) is 0.149. The van der Waals surface area contributed by atoms with Gasteiger partial charge in [0.15, 0.2) is 0 Å². The molecule has 0 aromatic heterocycles. The largest absolute Gasteiger partial charge is 0.356 e. The van der Waals surface area contributed by atoms with Gasteiger partial charge in [-0.15, -0.1) is 0 Å². The van der Waals surface area contributed by atoms with Gasteiger partial charge in [-0.25, -0.2) is 0 Å². The van der Waals surface area contributed by atoms with E-state index in [4.69, 9.17) is 5.73 Å². The summed E-state index contributed by atoms with van der Waals surface area (Å²) in [6.45, 7) is 7.48. The number of amides is 1. The maximum absolute atomic E-state index is 12.3. The molecule has 20 heavy (non-hydrogen) atoms. The molecule has 2 N–H and O–H groups in total. The predicted molar refractivity (Wildman–Crippen MR) is 85.8 cm³/mol. The van der Waals surface area contributed by atoms with Crippen LogP contribution in [0.3, 0.4) is 0 Å². The highest BCUT2D eigenvalue weighted by Gasteiger charge is 2.40. The first-order valence-corrected chi connectivity index (χ1v) is 7.62. The first-order valence-electron chi connectivity index (χ1n) is 6.83. The quantitative estimate of drug-likeness (QED) is 0.900. The van der Waals surface area contributed by atoms with Crippen molar-refractivity contribution in [2.24, 2.45) is 5.73 Å². The number of piperazine rings is 1. The van der Waals surface area contributed by atoms with Crippen molar-refractivity contribution in [1.82, 2.24) is 4.90 Å². The Morgan fingerprint density at radius 2 is 2.00 bits per heavy atom. The Morgan fingerprint density at radius 3 is 2.55 bits per heavy atom. The number of carbonyl (C=O) groups excluding carboxylic acids is 1. The Balaban J connectivity index is 2.36. The fourth-order valence-corrected chi connectivity index (χ4v) is 3.45. The van der Waals surface area contributed by atoms with Crippen molar-refractivity contribution >= 4 is 27.5 Å². The van der Waals surface area contributed by atoms with Crippen LogP contribution in [0.25, 0.3) is 0 Å². The lowest BCUT2D eigenvalue weighted by Crippen LogP contribution is -2.62. The first kappa shape index (κ1) is 15.3. The molecule has 1 aromatic rings. The molecule has 0 bridgehead atoms. The van der Waals surface area contributed by atoms with Crippen LogP contribution in [0.4, 0.5) is 5.69 Å². The average Bonchev–Trinajstić information content (AvgIpc) is 2.35. The molecule has 1 heterocycles. The maximum atomic E-state index is 12.3. The average molecular weight is 340 g/mol. The molecule has 5 heteroatoms. The van der Waals surface area contributed by atoms with E-state index >= 15 is 0 Å². The Kier molecular flexibility index (Phi) is 4.12. The second-order valence-corrected chi connectivity index (χ2v) is 6.79. The third-order valence-corrected chi connectivity index (χ3v) is 4.68. The summed E-state index contributed by atoms with van der Waals surface area (Å²) in [7, 11) is 1.86. The zero-order chi connectivity index (χ0) is 15.1. The molecule has 1 aliphatic heterocycles. The van der Waals surface area contributed by atoms with E-state index in [0.717, 1.165) is 28.8 Å². The highest BCUT2D eigenvalue weighted by molar-refractivity contribution is 9.10. The normalized spacial score (nSPS) is 20.2. The number of halogens is 1. The molecule has 1 fully saturated rings. The van der Waals surface area contributed by atoms with Crippen LogP contribution in [0.1, 0.15) is 32.4 Å². The zero-order valence-corrected chi connectivity index (χ0v) is 14.1. The molecule has 4 nitrogen and oxygen atoms in total. The Bertz CT molecular complexity index is 528. The van der Waals surface area contributed by atoms with Gasteiger partial charge in [0.25, 0.3) is 0 Å². The van der Waals surface area contributed by atoms with Crippen molar-refractivity contribution in [1.29, 1.82) is 0 Å². The van der Waals surface area contributed by atoms with Crippen LogP contribution in [-0.4, -0.2) is 36.5 Å². The minimum absolute atomic E-state index is 0.0134. The molecular weight excluding hydrogens is 318 g/mol. The SMILES string of the molecule is C[C@H](N)c1ccc(N2CCN(C)C(=O)C2(C)C)cc1Br. The van der Waals surface area contributed by atoms with Gasteiger partial charge in [0.05, 0.1) is 0 Å². The molecule has 2 rings (SSSR count). The number of nitrogens with zero attached hydrogens (tertiary/aromatic N) is 2. The van der Waals surface area contributed by atoms with Crippen LogP contribution in [0.15, 0.2) is 22.7 Å². The van der Waals surface area contributed by atoms with Crippen molar-refractivity contribution in [2.75, 3.05) is 25.0 Å². The van der Waals surface area contributed by atoms with Crippen LogP contribution in [0.5, 0.6) is 0 Å². The summed E-state index contributed by atoms with van der Waals surface area (Å²) in [5.41, 5.74) is 7.53. The van der Waals surface area contributed by atoms with Crippen molar-refractivity contribution in [3.63, 3.8) is 0 Å². The zero-order valence-electron chi connectivity index (χ0n) is 12.5. The Hall–Kier alpha value is -1.07. The van der Waals surface area contributed by atoms with Crippen molar-refractivity contribution in [3.05, 3.63) is 28.2 Å². The fraction of sp³-hybridized carbons (Fsp3) is 0.533. The van der Waals surface area contributed by atoms with Crippen LogP contribution >= 0.6 is 15.9 Å². The summed E-state index contributed by atoms with van der Waals surface area (Å²) >= 11 is 3.58. The van der Waals surface area contributed by atoms with E-state index in [1.165, 1.54) is 0 Å². The topological polar surface area (TPSA) is 49.6 Å². The van der Waals surface area contributed by atoms with Gasteiger partial charge in [-0.1, -0.05) is 22.0 Å². The number of benzene rings is 1. The number of likely N-dealkylation sites (N-methyl/N-ethyl adjacent to an activating group) is 1. The predicted octanol–water partition coefficient (Wildman–Crippen LogP) is 2.53. The molecule has 1 atom stereocenters. The number of carbonyl (C=O) groups is 1. The molecule has 0 saturated carbocycles. The summed E-state index contributed by atoms with van der Waals surface area (Å²) in [6, 6.07) is 6.12. The first-order chi connectivity index (χ1) is 9.25. The van der Waals surface area contributed by atoms with E-state index in [9.17, 15) is 4.79 Å². The lowest BCUT2D eigenvalue weighted by atomic mass is 9.96. The number of rotatable bonds is 2. The van der Waals surface area contributed by atoms with Gasteiger partial charge < -0.3 is 15.5 Å². The molecule has 1 amide bonds. The summed E-state index contributed by atoms with van der Waals surface area (Å²) in [4.78, 5) is 16.3. The minimum atomic E-state index is -0.526. The van der Waals surface area contributed by atoms with E-state index in [-0.39, 0.29) is 11.9 Å². The molecule has 1 saturated heterocycles. The Labute approximate surface area is 129 Å². The molecule has 1 aliphatic rings.